The molecule has 4 rings (SSSR count). The third-order valence-corrected chi connectivity index (χ3v) is 5.90. The molecule has 0 radical (unpaired) electrons. The first-order valence-electron chi connectivity index (χ1n) is 9.59. The van der Waals surface area contributed by atoms with Crippen molar-refractivity contribution in [3.8, 4) is 11.7 Å². The number of furan rings is 1. The van der Waals surface area contributed by atoms with Gasteiger partial charge in [-0.15, -0.1) is 22.0 Å². The fourth-order valence-corrected chi connectivity index (χ4v) is 4.50. The summed E-state index contributed by atoms with van der Waals surface area (Å²) in [6.45, 7) is 2.89. The molecule has 4 aromatic rings. The quantitative estimate of drug-likeness (QED) is 0.328. The smallest absolute Gasteiger partial charge is 0.283 e. The number of nitrogens with zero attached hydrogens (tertiary/aromatic N) is 3. The molecule has 1 amide bonds. The number of carbonyl (C=O) groups excluding carboxylic acids is 1. The molecular formula is C22H20ClN3O3S. The van der Waals surface area contributed by atoms with Crippen LogP contribution in [0.5, 0.6) is 0 Å². The minimum absolute atomic E-state index is 0.00338. The summed E-state index contributed by atoms with van der Waals surface area (Å²) in [7, 11) is 0. The van der Waals surface area contributed by atoms with Gasteiger partial charge in [-0.05, 0) is 36.1 Å². The first kappa shape index (κ1) is 20.5. The SMILES string of the molecule is CCCN(Cc1nnc(-c2ccco2)o1)C(=O)CSc1cccc2cccc(Cl)c12. The van der Waals surface area contributed by atoms with E-state index in [1.54, 1.807) is 23.3 Å². The van der Waals surface area contributed by atoms with Gasteiger partial charge in [-0.2, -0.15) is 0 Å². The van der Waals surface area contributed by atoms with Gasteiger partial charge in [0, 0.05) is 21.8 Å². The highest BCUT2D eigenvalue weighted by molar-refractivity contribution is 8.00. The molecule has 0 aliphatic heterocycles. The van der Waals surface area contributed by atoms with Crippen LogP contribution in [0.2, 0.25) is 5.02 Å². The Kier molecular flexibility index (Phi) is 6.40. The molecular weight excluding hydrogens is 422 g/mol. The molecule has 2 aromatic carbocycles. The second-order valence-corrected chi connectivity index (χ2v) is 8.10. The number of benzene rings is 2. The normalized spacial score (nSPS) is 11.1. The largest absolute Gasteiger partial charge is 0.459 e. The van der Waals surface area contributed by atoms with Crippen molar-refractivity contribution in [2.45, 2.75) is 24.8 Å². The molecule has 0 aliphatic rings. The predicted octanol–water partition coefficient (Wildman–Crippen LogP) is 5.67. The van der Waals surface area contributed by atoms with Crippen molar-refractivity contribution in [3.63, 3.8) is 0 Å². The number of thioether (sulfide) groups is 1. The highest BCUT2D eigenvalue weighted by Gasteiger charge is 2.19. The van der Waals surface area contributed by atoms with Crippen molar-refractivity contribution in [1.29, 1.82) is 0 Å². The zero-order valence-electron chi connectivity index (χ0n) is 16.4. The summed E-state index contributed by atoms with van der Waals surface area (Å²) in [5, 5.41) is 10.8. The van der Waals surface area contributed by atoms with Gasteiger partial charge in [-0.3, -0.25) is 4.79 Å². The van der Waals surface area contributed by atoms with E-state index in [0.29, 0.717) is 34.9 Å². The molecule has 2 heterocycles. The van der Waals surface area contributed by atoms with Crippen LogP contribution in [0, 0.1) is 0 Å². The van der Waals surface area contributed by atoms with Gasteiger partial charge >= 0.3 is 0 Å². The van der Waals surface area contributed by atoms with Crippen LogP contribution < -0.4 is 0 Å². The van der Waals surface area contributed by atoms with E-state index in [1.165, 1.54) is 11.8 Å². The van der Waals surface area contributed by atoms with E-state index in [4.69, 9.17) is 20.4 Å². The minimum atomic E-state index is 0.00338. The Morgan fingerprint density at radius 3 is 2.73 bits per heavy atom. The first-order valence-corrected chi connectivity index (χ1v) is 11.0. The molecule has 0 fully saturated rings. The molecule has 2 aromatic heterocycles. The zero-order chi connectivity index (χ0) is 20.9. The summed E-state index contributed by atoms with van der Waals surface area (Å²) >= 11 is 7.88. The Morgan fingerprint density at radius 1 is 1.13 bits per heavy atom. The maximum Gasteiger partial charge on any atom is 0.283 e. The molecule has 6 nitrogen and oxygen atoms in total. The predicted molar refractivity (Wildman–Crippen MR) is 117 cm³/mol. The first-order chi connectivity index (χ1) is 14.7. The van der Waals surface area contributed by atoms with Gasteiger partial charge in [0.05, 0.1) is 18.6 Å². The van der Waals surface area contributed by atoms with E-state index in [2.05, 4.69) is 10.2 Å². The maximum absolute atomic E-state index is 12.9. The van der Waals surface area contributed by atoms with Gasteiger partial charge in [0.25, 0.3) is 5.89 Å². The Labute approximate surface area is 183 Å². The molecule has 8 heteroatoms. The number of fused-ring (bicyclic) bond motifs is 1. The van der Waals surface area contributed by atoms with Gasteiger partial charge in [-0.1, -0.05) is 42.8 Å². The van der Waals surface area contributed by atoms with Crippen LogP contribution in [-0.2, 0) is 11.3 Å². The summed E-state index contributed by atoms with van der Waals surface area (Å²) < 4.78 is 10.9. The Balaban J connectivity index is 1.45. The molecule has 0 atom stereocenters. The number of aromatic nitrogens is 2. The molecule has 0 saturated heterocycles. The van der Waals surface area contributed by atoms with E-state index < -0.39 is 0 Å². The van der Waals surface area contributed by atoms with Crippen LogP contribution in [0.1, 0.15) is 19.2 Å². The van der Waals surface area contributed by atoms with Crippen LogP contribution in [-0.4, -0.2) is 33.3 Å². The van der Waals surface area contributed by atoms with Crippen molar-refractivity contribution in [1.82, 2.24) is 15.1 Å². The van der Waals surface area contributed by atoms with Crippen LogP contribution in [0.4, 0.5) is 0 Å². The lowest BCUT2D eigenvalue weighted by atomic mass is 10.1. The van der Waals surface area contributed by atoms with Crippen molar-refractivity contribution in [3.05, 3.63) is 65.7 Å². The van der Waals surface area contributed by atoms with Crippen molar-refractivity contribution in [2.75, 3.05) is 12.3 Å². The Morgan fingerprint density at radius 2 is 1.97 bits per heavy atom. The number of rotatable bonds is 8. The third kappa shape index (κ3) is 4.52. The van der Waals surface area contributed by atoms with Gasteiger partial charge in [0.1, 0.15) is 0 Å². The molecule has 154 valence electrons. The standard InChI is InChI=1S/C22H20ClN3O3S/c1-2-11-26(13-19-24-25-22(29-19)17-9-5-12-28-17)20(27)14-30-18-10-4-7-15-6-3-8-16(23)21(15)18/h3-10,12H,2,11,13-14H2,1H3. The maximum atomic E-state index is 12.9. The van der Waals surface area contributed by atoms with Crippen LogP contribution in [0.3, 0.4) is 0 Å². The molecule has 30 heavy (non-hydrogen) atoms. The molecule has 0 unspecified atom stereocenters. The lowest BCUT2D eigenvalue weighted by Gasteiger charge is -2.20. The Bertz CT molecular complexity index is 1140. The van der Waals surface area contributed by atoms with E-state index >= 15 is 0 Å². The van der Waals surface area contributed by atoms with Crippen LogP contribution >= 0.6 is 23.4 Å². The van der Waals surface area contributed by atoms with E-state index in [9.17, 15) is 4.79 Å². The fraction of sp³-hybridized carbons (Fsp3) is 0.227. The van der Waals surface area contributed by atoms with Crippen molar-refractivity contribution < 1.29 is 13.6 Å². The number of hydrogen-bond donors (Lipinski definition) is 0. The highest BCUT2D eigenvalue weighted by atomic mass is 35.5. The number of amides is 1. The topological polar surface area (TPSA) is 72.4 Å². The van der Waals surface area contributed by atoms with E-state index in [1.807, 2.05) is 43.3 Å². The van der Waals surface area contributed by atoms with Crippen molar-refractivity contribution >= 4 is 40.0 Å². The second kappa shape index (κ2) is 9.36. The molecule has 0 N–H and O–H groups in total. The van der Waals surface area contributed by atoms with Crippen LogP contribution in [0.25, 0.3) is 22.4 Å². The molecule has 0 saturated carbocycles. The van der Waals surface area contributed by atoms with E-state index in [0.717, 1.165) is 22.1 Å². The Hall–Kier alpha value is -2.77. The monoisotopic (exact) mass is 441 g/mol. The lowest BCUT2D eigenvalue weighted by molar-refractivity contribution is -0.129. The van der Waals surface area contributed by atoms with Gasteiger partial charge in [-0.25, -0.2) is 0 Å². The van der Waals surface area contributed by atoms with Gasteiger partial charge < -0.3 is 13.7 Å². The molecule has 0 spiro atoms. The zero-order valence-corrected chi connectivity index (χ0v) is 17.9. The third-order valence-electron chi connectivity index (χ3n) is 4.54. The average molecular weight is 442 g/mol. The lowest BCUT2D eigenvalue weighted by Crippen LogP contribution is -2.32. The fourth-order valence-electron chi connectivity index (χ4n) is 3.16. The average Bonchev–Trinajstić information content (AvgIpc) is 3.44. The van der Waals surface area contributed by atoms with E-state index in [-0.39, 0.29) is 12.5 Å². The number of carbonyl (C=O) groups is 1. The van der Waals surface area contributed by atoms with Crippen molar-refractivity contribution in [2.24, 2.45) is 0 Å². The molecule has 0 aliphatic carbocycles. The number of hydrogen-bond acceptors (Lipinski definition) is 6. The summed E-state index contributed by atoms with van der Waals surface area (Å²) in [4.78, 5) is 15.7. The summed E-state index contributed by atoms with van der Waals surface area (Å²) in [6.07, 6.45) is 2.37. The van der Waals surface area contributed by atoms with Gasteiger partial charge in [0.2, 0.25) is 11.8 Å². The highest BCUT2D eigenvalue weighted by Crippen LogP contribution is 2.33. The summed E-state index contributed by atoms with van der Waals surface area (Å²) in [5.74, 6) is 1.48. The number of halogens is 1. The molecule has 0 bridgehead atoms. The van der Waals surface area contributed by atoms with Gasteiger partial charge in [0.15, 0.2) is 5.76 Å². The summed E-state index contributed by atoms with van der Waals surface area (Å²) in [6, 6.07) is 15.3. The summed E-state index contributed by atoms with van der Waals surface area (Å²) in [5.41, 5.74) is 0. The van der Waals surface area contributed by atoms with Crippen LogP contribution in [0.15, 0.2) is 68.5 Å². The second-order valence-electron chi connectivity index (χ2n) is 6.68. The minimum Gasteiger partial charge on any atom is -0.459 e.